The zero-order chi connectivity index (χ0) is 16.1. The fraction of sp³-hybridized carbons (Fsp3) is 0.133. The van der Waals surface area contributed by atoms with Crippen molar-refractivity contribution in [2.45, 2.75) is 13.0 Å². The molecule has 7 heteroatoms. The zero-order valence-electron chi connectivity index (χ0n) is 11.7. The number of amides is 1. The van der Waals surface area contributed by atoms with Crippen LogP contribution in [0.2, 0.25) is 0 Å². The van der Waals surface area contributed by atoms with Gasteiger partial charge < -0.3 is 10.1 Å². The first-order valence-electron chi connectivity index (χ1n) is 6.43. The number of carbonyl (C=O) groups excluding carboxylic acids is 1. The van der Waals surface area contributed by atoms with Crippen molar-refractivity contribution in [3.63, 3.8) is 0 Å². The highest BCUT2D eigenvalue weighted by atomic mass is 127. The summed E-state index contributed by atoms with van der Waals surface area (Å²) in [7, 11) is 0. The lowest BCUT2D eigenvalue weighted by atomic mass is 10.2. The van der Waals surface area contributed by atoms with Crippen molar-refractivity contribution in [2.75, 3.05) is 5.32 Å². The first-order valence-corrected chi connectivity index (χ1v) is 7.51. The maximum atomic E-state index is 12.1. The normalized spacial score (nSPS) is 11.5. The number of hydrogen-bond acceptors (Lipinski definition) is 4. The van der Waals surface area contributed by atoms with E-state index in [1.807, 2.05) is 18.2 Å². The van der Waals surface area contributed by atoms with E-state index in [9.17, 15) is 14.9 Å². The summed E-state index contributed by atoms with van der Waals surface area (Å²) >= 11 is 2.15. The van der Waals surface area contributed by atoms with Crippen LogP contribution >= 0.6 is 22.6 Å². The van der Waals surface area contributed by atoms with Crippen LogP contribution in [0.15, 0.2) is 48.5 Å². The summed E-state index contributed by atoms with van der Waals surface area (Å²) in [4.78, 5) is 22.3. The van der Waals surface area contributed by atoms with Crippen molar-refractivity contribution >= 4 is 39.9 Å². The van der Waals surface area contributed by atoms with Crippen LogP contribution < -0.4 is 10.1 Å². The van der Waals surface area contributed by atoms with Gasteiger partial charge >= 0.3 is 0 Å². The van der Waals surface area contributed by atoms with Crippen molar-refractivity contribution in [1.29, 1.82) is 0 Å². The van der Waals surface area contributed by atoms with Crippen molar-refractivity contribution < 1.29 is 14.5 Å². The molecule has 0 spiro atoms. The number of nitro benzene ring substituents is 1. The largest absolute Gasteiger partial charge is 0.481 e. The van der Waals surface area contributed by atoms with Crippen molar-refractivity contribution in [3.8, 4) is 5.75 Å². The van der Waals surface area contributed by atoms with Crippen LogP contribution in [-0.2, 0) is 4.79 Å². The summed E-state index contributed by atoms with van der Waals surface area (Å²) in [6, 6.07) is 13.1. The van der Waals surface area contributed by atoms with Crippen molar-refractivity contribution in [2.24, 2.45) is 0 Å². The van der Waals surface area contributed by atoms with E-state index >= 15 is 0 Å². The van der Waals surface area contributed by atoms with Crippen LogP contribution in [0, 0.1) is 13.7 Å². The minimum Gasteiger partial charge on any atom is -0.481 e. The predicted octanol–water partition coefficient (Wildman–Crippen LogP) is 3.61. The molecule has 114 valence electrons. The monoisotopic (exact) mass is 412 g/mol. The minimum absolute atomic E-state index is 0.0796. The Labute approximate surface area is 140 Å². The molecule has 1 N–H and O–H groups in total. The molecule has 1 atom stereocenters. The molecule has 2 aromatic carbocycles. The molecule has 0 fully saturated rings. The Kier molecular flexibility index (Phi) is 5.31. The SMILES string of the molecule is CC(Oc1cccc(I)c1)C(=O)Nc1cccc([N+](=O)[O-])c1. The average Bonchev–Trinajstić information content (AvgIpc) is 2.47. The summed E-state index contributed by atoms with van der Waals surface area (Å²) < 4.78 is 6.56. The van der Waals surface area contributed by atoms with Gasteiger partial charge in [-0.15, -0.1) is 0 Å². The number of benzene rings is 2. The standard InChI is InChI=1S/C15H13IN2O4/c1-10(22-14-7-2-4-11(16)8-14)15(19)17-12-5-3-6-13(9-12)18(20)21/h2-10H,1H3,(H,17,19). The van der Waals surface area contributed by atoms with Crippen LogP contribution in [-0.4, -0.2) is 16.9 Å². The van der Waals surface area contributed by atoms with Gasteiger partial charge in [-0.1, -0.05) is 12.1 Å². The summed E-state index contributed by atoms with van der Waals surface area (Å²) in [6.07, 6.45) is -0.725. The lowest BCUT2D eigenvalue weighted by Crippen LogP contribution is -2.30. The van der Waals surface area contributed by atoms with Crippen LogP contribution in [0.25, 0.3) is 0 Å². The number of carbonyl (C=O) groups is 1. The third-order valence-electron chi connectivity index (χ3n) is 2.80. The van der Waals surface area contributed by atoms with Gasteiger partial charge in [0.05, 0.1) is 4.92 Å². The van der Waals surface area contributed by atoms with Gasteiger partial charge in [0.25, 0.3) is 11.6 Å². The Bertz CT molecular complexity index is 705. The first-order chi connectivity index (χ1) is 10.5. The third-order valence-corrected chi connectivity index (χ3v) is 3.47. The van der Waals surface area contributed by atoms with Gasteiger partial charge in [-0.05, 0) is 53.8 Å². The van der Waals surface area contributed by atoms with Gasteiger partial charge in [0, 0.05) is 21.4 Å². The summed E-state index contributed by atoms with van der Waals surface area (Å²) in [6.45, 7) is 1.62. The number of rotatable bonds is 5. The number of nitrogens with zero attached hydrogens (tertiary/aromatic N) is 1. The Balaban J connectivity index is 2.02. The highest BCUT2D eigenvalue weighted by Gasteiger charge is 2.16. The van der Waals surface area contributed by atoms with Crippen LogP contribution in [0.5, 0.6) is 5.75 Å². The Morgan fingerprint density at radius 3 is 2.68 bits per heavy atom. The second kappa shape index (κ2) is 7.21. The average molecular weight is 412 g/mol. The number of anilines is 1. The molecular weight excluding hydrogens is 399 g/mol. The highest BCUT2D eigenvalue weighted by molar-refractivity contribution is 14.1. The van der Waals surface area contributed by atoms with E-state index < -0.39 is 11.0 Å². The topological polar surface area (TPSA) is 81.5 Å². The Morgan fingerprint density at radius 2 is 2.00 bits per heavy atom. The summed E-state index contributed by atoms with van der Waals surface area (Å²) in [5.41, 5.74) is 0.279. The molecule has 2 aromatic rings. The molecule has 0 saturated heterocycles. The quantitative estimate of drug-likeness (QED) is 0.462. The number of halogens is 1. The second-order valence-corrected chi connectivity index (χ2v) is 5.76. The smallest absolute Gasteiger partial charge is 0.271 e. The highest BCUT2D eigenvalue weighted by Crippen LogP contribution is 2.19. The van der Waals surface area contributed by atoms with Crippen LogP contribution in [0.3, 0.4) is 0 Å². The van der Waals surface area contributed by atoms with E-state index in [-0.39, 0.29) is 11.6 Å². The number of nitrogens with one attached hydrogen (secondary N) is 1. The van der Waals surface area contributed by atoms with Crippen LogP contribution in [0.4, 0.5) is 11.4 Å². The van der Waals surface area contributed by atoms with Crippen molar-refractivity contribution in [3.05, 3.63) is 62.2 Å². The number of ether oxygens (including phenoxy) is 1. The van der Waals surface area contributed by atoms with Gasteiger partial charge in [-0.2, -0.15) is 0 Å². The first kappa shape index (κ1) is 16.2. The maximum Gasteiger partial charge on any atom is 0.271 e. The molecule has 0 bridgehead atoms. The van der Waals surface area contributed by atoms with E-state index in [1.165, 1.54) is 18.2 Å². The van der Waals surface area contributed by atoms with Crippen LogP contribution in [0.1, 0.15) is 6.92 Å². The minimum atomic E-state index is -0.725. The summed E-state index contributed by atoms with van der Waals surface area (Å²) in [5.74, 6) is 0.216. The molecule has 6 nitrogen and oxygen atoms in total. The molecule has 0 radical (unpaired) electrons. The zero-order valence-corrected chi connectivity index (χ0v) is 13.8. The van der Waals surface area contributed by atoms with E-state index in [2.05, 4.69) is 27.9 Å². The lowest BCUT2D eigenvalue weighted by molar-refractivity contribution is -0.384. The molecular formula is C15H13IN2O4. The van der Waals surface area contributed by atoms with E-state index in [4.69, 9.17) is 4.74 Å². The molecule has 1 amide bonds. The maximum absolute atomic E-state index is 12.1. The van der Waals surface area contributed by atoms with Gasteiger partial charge in [-0.25, -0.2) is 0 Å². The fourth-order valence-corrected chi connectivity index (χ4v) is 2.25. The van der Waals surface area contributed by atoms with Gasteiger partial charge in [0.1, 0.15) is 5.75 Å². The summed E-state index contributed by atoms with van der Waals surface area (Å²) in [5, 5.41) is 13.3. The molecule has 0 heterocycles. The predicted molar refractivity (Wildman–Crippen MR) is 91.0 cm³/mol. The Hall–Kier alpha value is -2.16. The lowest BCUT2D eigenvalue weighted by Gasteiger charge is -2.14. The molecule has 0 saturated carbocycles. The molecule has 0 aliphatic carbocycles. The molecule has 0 aliphatic heterocycles. The number of hydrogen-bond donors (Lipinski definition) is 1. The molecule has 2 rings (SSSR count). The molecule has 0 aliphatic rings. The molecule has 1 unspecified atom stereocenters. The van der Waals surface area contributed by atoms with Crippen molar-refractivity contribution in [1.82, 2.24) is 0 Å². The third kappa shape index (κ3) is 4.42. The fourth-order valence-electron chi connectivity index (χ4n) is 1.74. The Morgan fingerprint density at radius 1 is 1.27 bits per heavy atom. The van der Waals surface area contributed by atoms with Gasteiger partial charge in [0.2, 0.25) is 0 Å². The van der Waals surface area contributed by atoms with Gasteiger partial charge in [-0.3, -0.25) is 14.9 Å². The molecule has 0 aromatic heterocycles. The number of nitro groups is 1. The van der Waals surface area contributed by atoms with E-state index in [0.29, 0.717) is 11.4 Å². The van der Waals surface area contributed by atoms with Gasteiger partial charge in [0.15, 0.2) is 6.10 Å². The van der Waals surface area contributed by atoms with E-state index in [1.54, 1.807) is 19.1 Å². The molecule has 22 heavy (non-hydrogen) atoms. The van der Waals surface area contributed by atoms with E-state index in [0.717, 1.165) is 3.57 Å². The second-order valence-electron chi connectivity index (χ2n) is 4.51. The number of non-ortho nitro benzene ring substituents is 1.